The van der Waals surface area contributed by atoms with Crippen LogP contribution in [-0.2, 0) is 9.59 Å². The zero-order chi connectivity index (χ0) is 20.7. The van der Waals surface area contributed by atoms with E-state index in [1.165, 1.54) is 0 Å². The third-order valence-corrected chi connectivity index (χ3v) is 3.67. The topological polar surface area (TPSA) is 149 Å². The fourth-order valence-electron chi connectivity index (χ4n) is 2.22. The number of rotatable bonds is 14. The molecule has 0 aliphatic carbocycles. The highest BCUT2D eigenvalue weighted by Gasteiger charge is 2.20. The third-order valence-electron chi connectivity index (χ3n) is 3.67. The van der Waals surface area contributed by atoms with Gasteiger partial charge in [0.2, 0.25) is 11.8 Å². The van der Waals surface area contributed by atoms with E-state index in [1.807, 2.05) is 13.8 Å². The molecular weight excluding hydrogens is 352 g/mol. The molecule has 0 aliphatic heterocycles. The van der Waals surface area contributed by atoms with Gasteiger partial charge in [0.25, 0.3) is 5.96 Å². The molecule has 10 nitrogen and oxygen atoms in total. The summed E-state index contributed by atoms with van der Waals surface area (Å²) in [5.74, 6) is -0.451. The van der Waals surface area contributed by atoms with E-state index in [2.05, 4.69) is 22.9 Å². The second-order valence-electron chi connectivity index (χ2n) is 6.73. The fraction of sp³-hybridized carbons (Fsp3) is 0.765. The average Bonchev–Trinajstić information content (AvgIpc) is 2.56. The Kier molecular flexibility index (Phi) is 13.4. The summed E-state index contributed by atoms with van der Waals surface area (Å²) in [7, 11) is 0. The predicted molar refractivity (Wildman–Crippen MR) is 103 cm³/mol. The summed E-state index contributed by atoms with van der Waals surface area (Å²) >= 11 is 0. The van der Waals surface area contributed by atoms with Crippen molar-refractivity contribution in [1.82, 2.24) is 21.4 Å². The summed E-state index contributed by atoms with van der Waals surface area (Å²) in [6.45, 7) is 8.09. The molecule has 0 heterocycles. The number of carbonyl (C=O) groups is 2. The van der Waals surface area contributed by atoms with Crippen molar-refractivity contribution in [2.45, 2.75) is 71.8 Å². The molecule has 5 N–H and O–H groups in total. The lowest BCUT2D eigenvalue weighted by molar-refractivity contribution is -0.525. The Morgan fingerprint density at radius 2 is 1.93 bits per heavy atom. The van der Waals surface area contributed by atoms with Crippen LogP contribution in [0.2, 0.25) is 0 Å². The number of hydrazine groups is 1. The highest BCUT2D eigenvalue weighted by Crippen LogP contribution is 2.04. The second-order valence-corrected chi connectivity index (χ2v) is 6.73. The van der Waals surface area contributed by atoms with Gasteiger partial charge in [-0.05, 0) is 31.6 Å². The van der Waals surface area contributed by atoms with Crippen molar-refractivity contribution in [3.63, 3.8) is 0 Å². The number of hydrogen-bond donors (Lipinski definition) is 5. The molecule has 0 bridgehead atoms. The van der Waals surface area contributed by atoms with Gasteiger partial charge in [-0.25, -0.2) is 10.1 Å². The maximum absolute atomic E-state index is 12.3. The van der Waals surface area contributed by atoms with E-state index in [4.69, 9.17) is 5.41 Å². The molecule has 0 aromatic heterocycles. The van der Waals surface area contributed by atoms with Gasteiger partial charge >= 0.3 is 0 Å². The molecule has 1 atom stereocenters. The molecule has 0 fully saturated rings. The lowest BCUT2D eigenvalue weighted by atomic mass is 10.1. The highest BCUT2D eigenvalue weighted by atomic mass is 16.7. The van der Waals surface area contributed by atoms with Gasteiger partial charge in [-0.2, -0.15) is 0 Å². The molecule has 0 saturated heterocycles. The molecule has 1 radical (unpaired) electrons. The Bertz CT molecular complexity index is 484. The number of nitrogens with one attached hydrogen (secondary N) is 5. The molecule has 27 heavy (non-hydrogen) atoms. The van der Waals surface area contributed by atoms with E-state index in [-0.39, 0.29) is 18.4 Å². The van der Waals surface area contributed by atoms with Crippen LogP contribution in [0.4, 0.5) is 0 Å². The van der Waals surface area contributed by atoms with Gasteiger partial charge < -0.3 is 16.0 Å². The van der Waals surface area contributed by atoms with Crippen LogP contribution in [0.5, 0.6) is 0 Å². The molecule has 0 aliphatic rings. The summed E-state index contributed by atoms with van der Waals surface area (Å²) in [6.07, 6.45) is 4.68. The van der Waals surface area contributed by atoms with Crippen molar-refractivity contribution in [3.8, 4) is 0 Å². The quantitative estimate of drug-likeness (QED) is 0.100. The third kappa shape index (κ3) is 14.5. The fourth-order valence-corrected chi connectivity index (χ4v) is 2.22. The van der Waals surface area contributed by atoms with Crippen molar-refractivity contribution in [3.05, 3.63) is 16.7 Å². The van der Waals surface area contributed by atoms with E-state index in [9.17, 15) is 19.7 Å². The molecule has 10 heteroatoms. The van der Waals surface area contributed by atoms with E-state index in [0.29, 0.717) is 25.2 Å². The average molecular weight is 385 g/mol. The largest absolute Gasteiger partial charge is 0.352 e. The minimum atomic E-state index is -0.827. The van der Waals surface area contributed by atoms with Crippen molar-refractivity contribution < 1.29 is 14.6 Å². The normalized spacial score (nSPS) is 11.6. The van der Waals surface area contributed by atoms with Crippen molar-refractivity contribution in [2.75, 3.05) is 6.54 Å². The van der Waals surface area contributed by atoms with E-state index < -0.39 is 17.0 Å². The first-order valence-corrected chi connectivity index (χ1v) is 9.41. The van der Waals surface area contributed by atoms with Gasteiger partial charge in [-0.1, -0.05) is 39.0 Å². The summed E-state index contributed by atoms with van der Waals surface area (Å²) in [4.78, 5) is 34.6. The Hall–Kier alpha value is -2.39. The van der Waals surface area contributed by atoms with Gasteiger partial charge in [0.05, 0.1) is 0 Å². The Balaban J connectivity index is 4.44. The van der Waals surface area contributed by atoms with Crippen LogP contribution in [0.1, 0.15) is 65.7 Å². The minimum Gasteiger partial charge on any atom is -0.352 e. The standard InChI is InChI=1S/C17H33N6O4/c1-4-5-6-9-15(24)21-14(16(25)19-12-10-13(2)3)8-7-11-20-17(18)22-23(26)27/h12-14H,4-11H2,1-3H3,(H,19,25)(H,21,24)(H3,18,20,22)/t14-/m0/s1. The first-order valence-electron chi connectivity index (χ1n) is 9.41. The van der Waals surface area contributed by atoms with Crippen LogP contribution in [-0.4, -0.2) is 35.4 Å². The molecular formula is C17H33N6O4. The van der Waals surface area contributed by atoms with Crippen LogP contribution >= 0.6 is 0 Å². The minimum absolute atomic E-state index is 0.164. The molecule has 155 valence electrons. The van der Waals surface area contributed by atoms with Gasteiger partial charge in [-0.15, -0.1) is 0 Å². The van der Waals surface area contributed by atoms with Crippen molar-refractivity contribution in [2.24, 2.45) is 5.92 Å². The maximum atomic E-state index is 12.3. The molecule has 0 saturated carbocycles. The Morgan fingerprint density at radius 1 is 1.22 bits per heavy atom. The highest BCUT2D eigenvalue weighted by molar-refractivity contribution is 5.87. The lowest BCUT2D eigenvalue weighted by Crippen LogP contribution is -2.46. The molecule has 0 aromatic rings. The summed E-state index contributed by atoms with van der Waals surface area (Å²) in [6, 6.07) is -0.679. The van der Waals surface area contributed by atoms with Crippen molar-refractivity contribution >= 4 is 17.8 Å². The first-order chi connectivity index (χ1) is 12.8. The second kappa shape index (κ2) is 14.7. The maximum Gasteiger partial charge on any atom is 0.251 e. The van der Waals surface area contributed by atoms with E-state index >= 15 is 0 Å². The zero-order valence-corrected chi connectivity index (χ0v) is 16.5. The van der Waals surface area contributed by atoms with Crippen LogP contribution < -0.4 is 21.4 Å². The van der Waals surface area contributed by atoms with Crippen LogP contribution in [0.15, 0.2) is 0 Å². The summed E-state index contributed by atoms with van der Waals surface area (Å²) in [5.41, 5.74) is 1.69. The van der Waals surface area contributed by atoms with Gasteiger partial charge in [0.1, 0.15) is 6.04 Å². The van der Waals surface area contributed by atoms with Crippen LogP contribution in [0, 0.1) is 28.0 Å². The molecule has 0 unspecified atom stereocenters. The first kappa shape index (κ1) is 24.6. The van der Waals surface area contributed by atoms with Gasteiger partial charge in [0, 0.05) is 19.5 Å². The van der Waals surface area contributed by atoms with Gasteiger partial charge in [-0.3, -0.25) is 15.0 Å². The lowest BCUT2D eigenvalue weighted by Gasteiger charge is -2.19. The summed E-state index contributed by atoms with van der Waals surface area (Å²) in [5, 5.41) is 24.7. The van der Waals surface area contributed by atoms with E-state index in [0.717, 1.165) is 25.7 Å². The number of unbranched alkanes of at least 4 members (excludes halogenated alkanes) is 2. The number of carbonyl (C=O) groups excluding carboxylic acids is 2. The number of guanidine groups is 1. The molecule has 0 aromatic carbocycles. The van der Waals surface area contributed by atoms with Crippen molar-refractivity contribution in [1.29, 1.82) is 5.41 Å². The Labute approximate surface area is 160 Å². The zero-order valence-electron chi connectivity index (χ0n) is 16.5. The molecule has 0 rings (SSSR count). The number of nitro groups is 1. The number of nitrogens with zero attached hydrogens (tertiary/aromatic N) is 1. The van der Waals surface area contributed by atoms with E-state index in [1.54, 1.807) is 12.0 Å². The SMILES string of the molecule is CCCCCC(=O)N[C@@H](CCCNC(=N)N[N+](=O)[O-])C(=O)N[CH]CC(C)C. The number of amides is 2. The summed E-state index contributed by atoms with van der Waals surface area (Å²) < 4.78 is 0. The molecule has 2 amide bonds. The number of hydrogen-bond acceptors (Lipinski definition) is 5. The van der Waals surface area contributed by atoms with Crippen LogP contribution in [0.3, 0.4) is 0 Å². The Morgan fingerprint density at radius 3 is 2.52 bits per heavy atom. The monoisotopic (exact) mass is 385 g/mol. The van der Waals surface area contributed by atoms with Gasteiger partial charge in [0.15, 0.2) is 5.03 Å². The smallest absolute Gasteiger partial charge is 0.251 e. The predicted octanol–water partition coefficient (Wildman–Crippen LogP) is 1.46. The molecule has 0 spiro atoms. The van der Waals surface area contributed by atoms with Crippen LogP contribution in [0.25, 0.3) is 0 Å².